The summed E-state index contributed by atoms with van der Waals surface area (Å²) in [5.41, 5.74) is 0.143. The Labute approximate surface area is 195 Å². The molecule has 0 amide bonds. The molecule has 0 bridgehead atoms. The molecular formula is C21H22Cl4O5. The second-order valence-corrected chi connectivity index (χ2v) is 8.87. The van der Waals surface area contributed by atoms with E-state index < -0.39 is 24.1 Å². The molecule has 0 radical (unpaired) electrons. The maximum absolute atomic E-state index is 10.9. The van der Waals surface area contributed by atoms with Gasteiger partial charge >= 0.3 is 0 Å². The van der Waals surface area contributed by atoms with E-state index in [-0.39, 0.29) is 19.8 Å². The highest BCUT2D eigenvalue weighted by Crippen LogP contribution is 2.35. The van der Waals surface area contributed by atoms with E-state index in [4.69, 9.17) is 65.4 Å². The van der Waals surface area contributed by atoms with Crippen molar-refractivity contribution in [1.82, 2.24) is 0 Å². The number of benzene rings is 2. The molecule has 1 fully saturated rings. The summed E-state index contributed by atoms with van der Waals surface area (Å²) in [6.07, 6.45) is -2.15. The van der Waals surface area contributed by atoms with Gasteiger partial charge in [0.2, 0.25) is 0 Å². The van der Waals surface area contributed by atoms with Gasteiger partial charge in [-0.1, -0.05) is 58.5 Å². The van der Waals surface area contributed by atoms with Crippen LogP contribution in [0.3, 0.4) is 0 Å². The van der Waals surface area contributed by atoms with Gasteiger partial charge in [0.05, 0.1) is 19.8 Å². The molecule has 2 aromatic carbocycles. The van der Waals surface area contributed by atoms with Crippen LogP contribution in [-0.4, -0.2) is 42.9 Å². The normalized spacial score (nSPS) is 26.3. The fourth-order valence-corrected chi connectivity index (χ4v) is 4.24. The van der Waals surface area contributed by atoms with E-state index in [9.17, 15) is 5.11 Å². The van der Waals surface area contributed by atoms with Gasteiger partial charge in [0, 0.05) is 27.2 Å². The minimum absolute atomic E-state index is 0.161. The van der Waals surface area contributed by atoms with E-state index in [0.717, 1.165) is 11.1 Å². The van der Waals surface area contributed by atoms with E-state index in [2.05, 4.69) is 0 Å². The zero-order valence-corrected chi connectivity index (χ0v) is 19.4. The Morgan fingerprint density at radius 2 is 1.53 bits per heavy atom. The predicted molar refractivity (Wildman–Crippen MR) is 117 cm³/mol. The summed E-state index contributed by atoms with van der Waals surface area (Å²) in [5.74, 6) is 0. The molecule has 1 aliphatic heterocycles. The predicted octanol–water partition coefficient (Wildman–Crippen LogP) is 5.52. The third-order valence-corrected chi connectivity index (χ3v) is 6.07. The van der Waals surface area contributed by atoms with Crippen molar-refractivity contribution in [1.29, 1.82) is 0 Å². The minimum Gasteiger partial charge on any atom is -0.382 e. The lowest BCUT2D eigenvalue weighted by Crippen LogP contribution is -2.48. The highest BCUT2D eigenvalue weighted by Gasteiger charge is 2.54. The Balaban J connectivity index is 1.66. The number of rotatable bonds is 8. The summed E-state index contributed by atoms with van der Waals surface area (Å²) < 4.78 is 22.9. The topological polar surface area (TPSA) is 57.2 Å². The van der Waals surface area contributed by atoms with Crippen LogP contribution >= 0.6 is 46.4 Å². The van der Waals surface area contributed by atoms with Gasteiger partial charge in [-0.2, -0.15) is 0 Å². The largest absolute Gasteiger partial charge is 0.382 e. The molecule has 2 aromatic rings. The van der Waals surface area contributed by atoms with Gasteiger partial charge in [0.25, 0.3) is 0 Å². The fraction of sp³-hybridized carbons (Fsp3) is 0.429. The number of ether oxygens (including phenoxy) is 4. The number of aliphatic hydroxyl groups is 1. The van der Waals surface area contributed by atoms with Gasteiger partial charge in [-0.25, -0.2) is 0 Å². The lowest BCUT2D eigenvalue weighted by atomic mass is 9.97. The second kappa shape index (κ2) is 10.3. The van der Waals surface area contributed by atoms with Crippen molar-refractivity contribution in [3.8, 4) is 0 Å². The number of methoxy groups -OCH3 is 1. The van der Waals surface area contributed by atoms with Crippen molar-refractivity contribution in [2.45, 2.75) is 44.2 Å². The molecule has 1 N–H and O–H groups in total. The lowest BCUT2D eigenvalue weighted by Gasteiger charge is -2.29. The van der Waals surface area contributed by atoms with Gasteiger partial charge in [-0.3, -0.25) is 0 Å². The molecule has 5 nitrogen and oxygen atoms in total. The second-order valence-electron chi connectivity index (χ2n) is 7.19. The molecule has 30 heavy (non-hydrogen) atoms. The van der Waals surface area contributed by atoms with Gasteiger partial charge in [0.1, 0.15) is 17.8 Å². The van der Waals surface area contributed by atoms with Crippen LogP contribution in [0.15, 0.2) is 36.4 Å². The van der Waals surface area contributed by atoms with Crippen molar-refractivity contribution in [2.24, 2.45) is 0 Å². The molecular weight excluding hydrogens is 474 g/mol. The Hall–Kier alpha value is -0.600. The van der Waals surface area contributed by atoms with E-state index >= 15 is 0 Å². The van der Waals surface area contributed by atoms with Crippen LogP contribution in [0.25, 0.3) is 0 Å². The van der Waals surface area contributed by atoms with Gasteiger partial charge < -0.3 is 24.1 Å². The standard InChI is InChI=1S/C21H22Cl4O5/c1-21(26)19(29-10-13-4-6-15(23)8-17(13)25)18(30-20(21)27-2)11-28-9-12-3-5-14(22)7-16(12)24/h3-8,18-20,26H,9-11H2,1-2H3/t18?,19-,20+,21-/m1/s1. The third kappa shape index (κ3) is 5.60. The highest BCUT2D eigenvalue weighted by atomic mass is 35.5. The van der Waals surface area contributed by atoms with E-state index in [1.165, 1.54) is 7.11 Å². The van der Waals surface area contributed by atoms with Crippen molar-refractivity contribution >= 4 is 46.4 Å². The quantitative estimate of drug-likeness (QED) is 0.522. The average Bonchev–Trinajstić information content (AvgIpc) is 2.92. The minimum atomic E-state index is -1.39. The molecule has 0 aromatic heterocycles. The van der Waals surface area contributed by atoms with E-state index in [1.54, 1.807) is 43.3 Å². The Morgan fingerprint density at radius 3 is 2.07 bits per heavy atom. The SMILES string of the molecule is CO[C@H]1OC(COCc2ccc(Cl)cc2Cl)[C@@H](OCc2ccc(Cl)cc2Cl)[C@@]1(C)O. The Bertz CT molecular complexity index is 876. The number of halogens is 4. The lowest BCUT2D eigenvalue weighted by molar-refractivity contribution is -0.190. The van der Waals surface area contributed by atoms with Gasteiger partial charge in [0.15, 0.2) is 6.29 Å². The fourth-order valence-electron chi connectivity index (χ4n) is 3.32. The van der Waals surface area contributed by atoms with Crippen molar-refractivity contribution < 1.29 is 24.1 Å². The van der Waals surface area contributed by atoms with Gasteiger partial charge in [-0.05, 0) is 42.3 Å². The molecule has 3 rings (SSSR count). The average molecular weight is 496 g/mol. The third-order valence-electron chi connectivity index (χ3n) is 4.89. The zero-order valence-electron chi connectivity index (χ0n) is 16.4. The van der Waals surface area contributed by atoms with Crippen molar-refractivity contribution in [2.75, 3.05) is 13.7 Å². The number of hydrogen-bond donors (Lipinski definition) is 1. The molecule has 1 saturated heterocycles. The zero-order chi connectivity index (χ0) is 21.9. The molecule has 1 unspecified atom stereocenters. The van der Waals surface area contributed by atoms with Crippen LogP contribution in [-0.2, 0) is 32.2 Å². The maximum Gasteiger partial charge on any atom is 0.188 e. The summed E-state index contributed by atoms with van der Waals surface area (Å²) in [6.45, 7) is 2.18. The molecule has 0 aliphatic carbocycles. The summed E-state index contributed by atoms with van der Waals surface area (Å²) in [5, 5.41) is 13.0. The summed E-state index contributed by atoms with van der Waals surface area (Å²) >= 11 is 24.3. The van der Waals surface area contributed by atoms with E-state index in [1.807, 2.05) is 0 Å². The molecule has 1 heterocycles. The molecule has 1 aliphatic rings. The Kier molecular flexibility index (Phi) is 8.29. The summed E-state index contributed by atoms with van der Waals surface area (Å²) in [6, 6.07) is 10.3. The van der Waals surface area contributed by atoms with E-state index in [0.29, 0.717) is 20.1 Å². The van der Waals surface area contributed by atoms with Crippen LogP contribution in [0.1, 0.15) is 18.1 Å². The summed E-state index contributed by atoms with van der Waals surface area (Å²) in [4.78, 5) is 0. The smallest absolute Gasteiger partial charge is 0.188 e. The Morgan fingerprint density at radius 1 is 0.967 bits per heavy atom. The molecule has 9 heteroatoms. The van der Waals surface area contributed by atoms with Crippen molar-refractivity contribution in [3.63, 3.8) is 0 Å². The first-order chi connectivity index (χ1) is 14.2. The van der Waals surface area contributed by atoms with Gasteiger partial charge in [-0.15, -0.1) is 0 Å². The first kappa shape index (κ1) is 24.1. The molecule has 0 spiro atoms. The van der Waals surface area contributed by atoms with Crippen LogP contribution in [0.4, 0.5) is 0 Å². The molecule has 0 saturated carbocycles. The van der Waals surface area contributed by atoms with Crippen LogP contribution < -0.4 is 0 Å². The van der Waals surface area contributed by atoms with Crippen LogP contribution in [0.5, 0.6) is 0 Å². The van der Waals surface area contributed by atoms with Crippen molar-refractivity contribution in [3.05, 3.63) is 67.6 Å². The summed E-state index contributed by atoms with van der Waals surface area (Å²) in [7, 11) is 1.46. The van der Waals surface area contributed by atoms with Crippen LogP contribution in [0.2, 0.25) is 20.1 Å². The first-order valence-electron chi connectivity index (χ1n) is 9.20. The number of hydrogen-bond acceptors (Lipinski definition) is 5. The monoisotopic (exact) mass is 494 g/mol. The molecule has 164 valence electrons. The first-order valence-corrected chi connectivity index (χ1v) is 10.7. The molecule has 4 atom stereocenters. The van der Waals surface area contributed by atoms with Crippen LogP contribution in [0, 0.1) is 0 Å². The highest BCUT2D eigenvalue weighted by molar-refractivity contribution is 6.35. The maximum atomic E-state index is 10.9.